The monoisotopic (exact) mass is 203 g/mol. The molecule has 0 aliphatic rings. The lowest BCUT2D eigenvalue weighted by atomic mass is 10.6. The highest BCUT2D eigenvalue weighted by Gasteiger charge is 2.06. The van der Waals surface area contributed by atoms with Crippen molar-refractivity contribution in [3.8, 4) is 0 Å². The smallest absolute Gasteiger partial charge is 0.314 e. The molecule has 0 fully saturated rings. The molecule has 0 atom stereocenters. The summed E-state index contributed by atoms with van der Waals surface area (Å²) in [5, 5.41) is 6.61. The average molecular weight is 203 g/mol. The lowest BCUT2D eigenvalue weighted by Gasteiger charge is -1.93. The molecule has 0 radical (unpaired) electrons. The van der Waals surface area contributed by atoms with Crippen LogP contribution < -0.4 is 13.9 Å². The molecule has 0 unspecified atom stereocenters. The summed E-state index contributed by atoms with van der Waals surface area (Å²) in [7, 11) is 3.56. The first kappa shape index (κ1) is 9.41. The van der Waals surface area contributed by atoms with Crippen LogP contribution in [0.4, 0.5) is 0 Å². The van der Waals surface area contributed by atoms with E-state index in [1.54, 1.807) is 29.7 Å². The van der Waals surface area contributed by atoms with E-state index in [1.165, 1.54) is 0 Å². The van der Waals surface area contributed by atoms with Gasteiger partial charge < -0.3 is 5.32 Å². The lowest BCUT2D eigenvalue weighted by Crippen LogP contribution is -2.34. The number of hydrogen-bond donors (Lipinski definition) is 1. The number of nitrogens with one attached hydrogen (secondary N) is 1. The molecule has 0 aromatic carbocycles. The van der Waals surface area contributed by atoms with Crippen molar-refractivity contribution >= 4 is 28.6 Å². The van der Waals surface area contributed by atoms with E-state index in [-0.39, 0.29) is 5.91 Å². The van der Waals surface area contributed by atoms with Gasteiger partial charge in [0, 0.05) is 17.8 Å². The number of nitrogens with zero attached hydrogens (tertiary/aromatic N) is 1. The van der Waals surface area contributed by atoms with Gasteiger partial charge in [0.25, 0.3) is 5.91 Å². The molecule has 0 bridgehead atoms. The van der Waals surface area contributed by atoms with Gasteiger partial charge in [0.2, 0.25) is 6.54 Å². The van der Waals surface area contributed by atoms with Gasteiger partial charge in [0.05, 0.1) is 0 Å². The highest BCUT2D eigenvalue weighted by atomic mass is 32.2. The van der Waals surface area contributed by atoms with Crippen LogP contribution in [-0.2, 0) is 4.79 Å². The Morgan fingerprint density at radius 2 is 2.17 bits per heavy atom. The van der Waals surface area contributed by atoms with E-state index in [9.17, 15) is 4.79 Å². The number of rotatable bonds is 2. The molecule has 0 spiro atoms. The number of hydrogen-bond acceptors (Lipinski definition) is 3. The zero-order valence-electron chi connectivity index (χ0n) is 7.03. The first-order valence-corrected chi connectivity index (χ1v) is 5.27. The summed E-state index contributed by atoms with van der Waals surface area (Å²) in [6.45, 7) is 0.424. The minimum absolute atomic E-state index is 0.0399. The van der Waals surface area contributed by atoms with Crippen molar-refractivity contribution < 1.29 is 4.79 Å². The Balaban J connectivity index is 2.79. The average Bonchev–Trinajstić information content (AvgIpc) is 2.56. The highest BCUT2D eigenvalue weighted by molar-refractivity contribution is 7.24. The van der Waals surface area contributed by atoms with Gasteiger partial charge in [-0.05, 0) is 0 Å². The van der Waals surface area contributed by atoms with Crippen molar-refractivity contribution in [2.45, 2.75) is 0 Å². The third kappa shape index (κ3) is 2.42. The Labute approximate surface area is 79.0 Å². The van der Waals surface area contributed by atoms with Gasteiger partial charge in [-0.15, -0.1) is 0 Å². The molecular weight excluding hydrogens is 192 g/mol. The van der Waals surface area contributed by atoms with Gasteiger partial charge in [0.1, 0.15) is 7.05 Å². The molecule has 0 aliphatic carbocycles. The molecule has 5 heteroatoms. The predicted octanol–water partition coefficient (Wildman–Crippen LogP) is -0.0424. The van der Waals surface area contributed by atoms with Crippen LogP contribution in [0.1, 0.15) is 0 Å². The summed E-state index contributed by atoms with van der Waals surface area (Å²) in [5.41, 5.74) is 0. The minimum atomic E-state index is 0.0399. The second-order valence-electron chi connectivity index (χ2n) is 2.30. The van der Waals surface area contributed by atoms with Gasteiger partial charge in [-0.25, -0.2) is 4.58 Å². The van der Waals surface area contributed by atoms with E-state index < -0.39 is 0 Å². The predicted molar refractivity (Wildman–Crippen MR) is 52.3 cm³/mol. The lowest BCUT2D eigenvalue weighted by molar-refractivity contribution is -0.119. The molecule has 1 aromatic rings. The standard InChI is InChI=1S/C7H10N2OS2/c1-8-6(10)5-9(2)7-11-3-4-12-7/h3-4H,5H2,1-2H3/p+1. The van der Waals surface area contributed by atoms with E-state index in [0.29, 0.717) is 6.54 Å². The van der Waals surface area contributed by atoms with Crippen molar-refractivity contribution in [2.24, 2.45) is 0 Å². The zero-order chi connectivity index (χ0) is 8.97. The molecule has 0 aliphatic heterocycles. The summed E-state index contributed by atoms with van der Waals surface area (Å²) >= 11 is 3.30. The van der Waals surface area contributed by atoms with Gasteiger partial charge in [0.15, 0.2) is 0 Å². The van der Waals surface area contributed by atoms with E-state index in [2.05, 4.69) is 5.32 Å². The van der Waals surface area contributed by atoms with Crippen LogP contribution in [0.5, 0.6) is 0 Å². The first-order chi connectivity index (χ1) is 5.74. The first-order valence-electron chi connectivity index (χ1n) is 3.51. The normalized spacial score (nSPS) is 9.50. The molecule has 66 valence electrons. The van der Waals surface area contributed by atoms with Gasteiger partial charge in [-0.2, -0.15) is 0 Å². The van der Waals surface area contributed by atoms with Crippen LogP contribution in [0, 0.1) is 0 Å². The second-order valence-corrected chi connectivity index (χ2v) is 4.35. The molecule has 1 rings (SSSR count). The molecule has 3 nitrogen and oxygen atoms in total. The molecule has 0 saturated carbocycles. The van der Waals surface area contributed by atoms with Crippen LogP contribution >= 0.6 is 22.7 Å². The van der Waals surface area contributed by atoms with Crippen LogP contribution in [0.3, 0.4) is 0 Å². The molecule has 0 saturated heterocycles. The van der Waals surface area contributed by atoms with Crippen LogP contribution in [0.15, 0.2) is 10.8 Å². The Morgan fingerprint density at radius 3 is 2.67 bits per heavy atom. The van der Waals surface area contributed by atoms with Gasteiger partial charge >= 0.3 is 3.98 Å². The largest absolute Gasteiger partial charge is 0.354 e. The van der Waals surface area contributed by atoms with Crippen molar-refractivity contribution in [1.29, 1.82) is 0 Å². The summed E-state index contributed by atoms with van der Waals surface area (Å²) < 4.78 is 3.09. The maximum atomic E-state index is 11.0. The fourth-order valence-corrected chi connectivity index (χ4v) is 2.46. The van der Waals surface area contributed by atoms with Crippen molar-refractivity contribution in [1.82, 2.24) is 9.89 Å². The summed E-state index contributed by atoms with van der Waals surface area (Å²) in [4.78, 5) is 11.0. The molecule has 1 amide bonds. The Kier molecular flexibility index (Phi) is 3.43. The van der Waals surface area contributed by atoms with E-state index in [1.807, 2.05) is 22.4 Å². The minimum Gasteiger partial charge on any atom is -0.354 e. The van der Waals surface area contributed by atoms with Crippen molar-refractivity contribution in [2.75, 3.05) is 20.6 Å². The molecule has 1 heterocycles. The van der Waals surface area contributed by atoms with E-state index >= 15 is 0 Å². The maximum Gasteiger partial charge on any atom is 0.314 e. The number of amides is 1. The topological polar surface area (TPSA) is 32.1 Å². The summed E-state index contributed by atoms with van der Waals surface area (Å²) in [6.07, 6.45) is 0. The second kappa shape index (κ2) is 4.37. The van der Waals surface area contributed by atoms with E-state index in [0.717, 1.165) is 3.98 Å². The van der Waals surface area contributed by atoms with Crippen LogP contribution in [-0.4, -0.2) is 26.5 Å². The molecule has 12 heavy (non-hydrogen) atoms. The molecule has 1 aromatic heterocycles. The fourth-order valence-electron chi connectivity index (χ4n) is 0.739. The van der Waals surface area contributed by atoms with Gasteiger partial charge in [-0.3, -0.25) is 4.79 Å². The molecular formula is C7H11N2OS2+. The number of carbonyl (C=O) groups excluding carboxylic acids is 1. The number of likely N-dealkylation sites (N-methyl/N-ethyl adjacent to an activating group) is 2. The van der Waals surface area contributed by atoms with Gasteiger partial charge in [-0.1, -0.05) is 22.7 Å². The Bertz CT molecular complexity index is 309. The van der Waals surface area contributed by atoms with Crippen molar-refractivity contribution in [3.63, 3.8) is 0 Å². The van der Waals surface area contributed by atoms with Crippen molar-refractivity contribution in [3.05, 3.63) is 14.7 Å². The zero-order valence-corrected chi connectivity index (χ0v) is 8.67. The quantitative estimate of drug-likeness (QED) is 0.672. The third-order valence-electron chi connectivity index (χ3n) is 1.36. The fraction of sp³-hybridized carbons (Fsp3) is 0.429. The Morgan fingerprint density at radius 1 is 1.58 bits per heavy atom. The molecule has 1 N–H and O–H groups in total. The number of carbonyl (C=O) groups is 1. The van der Waals surface area contributed by atoms with E-state index in [4.69, 9.17) is 0 Å². The summed E-state index contributed by atoms with van der Waals surface area (Å²) in [5.74, 6) is 0.0399. The highest BCUT2D eigenvalue weighted by Crippen LogP contribution is 1.92. The SMILES string of the molecule is CNC(=O)C[N+](C)=c1sccs1. The maximum absolute atomic E-state index is 11.0. The summed E-state index contributed by atoms with van der Waals surface area (Å²) in [6, 6.07) is 0. The van der Waals surface area contributed by atoms with Crippen LogP contribution in [0.25, 0.3) is 0 Å². The van der Waals surface area contributed by atoms with Crippen LogP contribution in [0.2, 0.25) is 0 Å². The third-order valence-corrected chi connectivity index (χ3v) is 3.69. The Hall–Kier alpha value is -0.680.